The highest BCUT2D eigenvalue weighted by atomic mass is 16.5. The molecule has 0 bridgehead atoms. The van der Waals surface area contributed by atoms with Crippen molar-refractivity contribution in [3.05, 3.63) is 72.3 Å². The van der Waals surface area contributed by atoms with Gasteiger partial charge in [-0.25, -0.2) is 4.79 Å². The van der Waals surface area contributed by atoms with Crippen molar-refractivity contribution in [1.82, 2.24) is 10.2 Å². The van der Waals surface area contributed by atoms with Crippen LogP contribution in [0.25, 0.3) is 11.1 Å². The highest BCUT2D eigenvalue weighted by Gasteiger charge is 2.51. The van der Waals surface area contributed by atoms with E-state index < -0.39 is 23.5 Å². The van der Waals surface area contributed by atoms with Crippen molar-refractivity contribution in [3.63, 3.8) is 0 Å². The van der Waals surface area contributed by atoms with Crippen molar-refractivity contribution in [2.75, 3.05) is 19.7 Å². The van der Waals surface area contributed by atoms with Gasteiger partial charge in [-0.3, -0.25) is 9.59 Å². The topological polar surface area (TPSA) is 95.9 Å². The van der Waals surface area contributed by atoms with Crippen LogP contribution in [-0.2, 0) is 14.3 Å². The number of alkyl carbamates (subject to hydrolysis) is 1. The van der Waals surface area contributed by atoms with Gasteiger partial charge in [0.25, 0.3) is 0 Å². The van der Waals surface area contributed by atoms with Crippen LogP contribution >= 0.6 is 0 Å². The van der Waals surface area contributed by atoms with Crippen LogP contribution in [-0.4, -0.2) is 53.7 Å². The fourth-order valence-electron chi connectivity index (χ4n) is 5.16. The molecule has 2 amide bonds. The molecule has 184 valence electrons. The van der Waals surface area contributed by atoms with E-state index in [-0.39, 0.29) is 37.4 Å². The van der Waals surface area contributed by atoms with E-state index in [0.717, 1.165) is 22.3 Å². The number of carbonyl (C=O) groups is 3. The third-order valence-corrected chi connectivity index (χ3v) is 6.93. The van der Waals surface area contributed by atoms with Crippen LogP contribution in [0, 0.1) is 11.3 Å². The number of amides is 2. The average Bonchev–Trinajstić information content (AvgIpc) is 3.12. The van der Waals surface area contributed by atoms with Crippen molar-refractivity contribution in [3.8, 4) is 11.1 Å². The second kappa shape index (κ2) is 9.94. The first-order chi connectivity index (χ1) is 16.8. The molecule has 1 saturated heterocycles. The van der Waals surface area contributed by atoms with Gasteiger partial charge in [0.15, 0.2) is 0 Å². The van der Waals surface area contributed by atoms with Gasteiger partial charge in [-0.15, -0.1) is 6.58 Å². The number of rotatable bonds is 9. The fraction of sp³-hybridized carbons (Fsp3) is 0.393. The number of carbonyl (C=O) groups excluding carboxylic acids is 2. The first-order valence-electron chi connectivity index (χ1n) is 12.0. The molecule has 1 aliphatic carbocycles. The largest absolute Gasteiger partial charge is 0.481 e. The number of benzene rings is 2. The molecule has 1 heterocycles. The summed E-state index contributed by atoms with van der Waals surface area (Å²) in [4.78, 5) is 39.1. The standard InChI is InChI=1S/C28H32N2O5/c1-4-13-28(26(32)33)16-30(17-28)25(31)24(14-18(2)3)29-27(34)35-15-23-21-11-7-5-9-19(21)20-10-6-8-12-22(20)23/h4-12,18,23-24H,1,13-17H2,2-3H3,(H,29,34)(H,32,33)/t24-/m0/s1. The lowest BCUT2D eigenvalue weighted by molar-refractivity contribution is -0.166. The van der Waals surface area contributed by atoms with Crippen LogP contribution in [0.5, 0.6) is 0 Å². The summed E-state index contributed by atoms with van der Waals surface area (Å²) in [5.41, 5.74) is 3.52. The number of hydrogen-bond donors (Lipinski definition) is 2. The lowest BCUT2D eigenvalue weighted by atomic mass is 9.76. The molecule has 1 atom stereocenters. The first-order valence-corrected chi connectivity index (χ1v) is 12.0. The molecule has 0 unspecified atom stereocenters. The molecule has 1 aliphatic heterocycles. The van der Waals surface area contributed by atoms with Crippen LogP contribution in [0.15, 0.2) is 61.2 Å². The highest BCUT2D eigenvalue weighted by Crippen LogP contribution is 2.44. The van der Waals surface area contributed by atoms with Crippen LogP contribution in [0.3, 0.4) is 0 Å². The van der Waals surface area contributed by atoms with E-state index >= 15 is 0 Å². The lowest BCUT2D eigenvalue weighted by Crippen LogP contribution is -2.65. The van der Waals surface area contributed by atoms with E-state index in [0.29, 0.717) is 12.8 Å². The molecule has 2 aromatic rings. The summed E-state index contributed by atoms with van der Waals surface area (Å²) in [5.74, 6) is -1.14. The summed E-state index contributed by atoms with van der Waals surface area (Å²) in [7, 11) is 0. The molecule has 1 fully saturated rings. The maximum absolute atomic E-state index is 13.1. The normalized spacial score (nSPS) is 16.6. The molecule has 2 aliphatic rings. The smallest absolute Gasteiger partial charge is 0.407 e. The average molecular weight is 477 g/mol. The Balaban J connectivity index is 1.41. The van der Waals surface area contributed by atoms with E-state index in [1.807, 2.05) is 50.2 Å². The van der Waals surface area contributed by atoms with Gasteiger partial charge < -0.3 is 20.1 Å². The molecular formula is C28H32N2O5. The van der Waals surface area contributed by atoms with Gasteiger partial charge in [0.1, 0.15) is 18.1 Å². The van der Waals surface area contributed by atoms with Crippen molar-refractivity contribution < 1.29 is 24.2 Å². The third-order valence-electron chi connectivity index (χ3n) is 6.93. The Labute approximate surface area is 205 Å². The third kappa shape index (κ3) is 4.81. The zero-order chi connectivity index (χ0) is 25.2. The number of likely N-dealkylation sites (tertiary alicyclic amines) is 1. The molecule has 35 heavy (non-hydrogen) atoms. The lowest BCUT2D eigenvalue weighted by Gasteiger charge is -2.47. The molecule has 0 radical (unpaired) electrons. The number of carboxylic acid groups (broad SMARTS) is 1. The summed E-state index contributed by atoms with van der Waals surface area (Å²) >= 11 is 0. The van der Waals surface area contributed by atoms with Crippen molar-refractivity contribution in [1.29, 1.82) is 0 Å². The van der Waals surface area contributed by atoms with Gasteiger partial charge >= 0.3 is 12.1 Å². The monoisotopic (exact) mass is 476 g/mol. The number of fused-ring (bicyclic) bond motifs is 3. The summed E-state index contributed by atoms with van der Waals surface area (Å²) in [6.45, 7) is 7.94. The molecule has 2 N–H and O–H groups in total. The van der Waals surface area contributed by atoms with E-state index in [1.54, 1.807) is 6.08 Å². The van der Waals surface area contributed by atoms with Crippen LogP contribution in [0.2, 0.25) is 0 Å². The number of ether oxygens (including phenoxy) is 1. The Morgan fingerprint density at radius 3 is 2.20 bits per heavy atom. The van der Waals surface area contributed by atoms with E-state index in [4.69, 9.17) is 4.74 Å². The van der Waals surface area contributed by atoms with E-state index in [9.17, 15) is 19.5 Å². The number of allylic oxidation sites excluding steroid dienone is 1. The number of nitrogens with zero attached hydrogens (tertiary/aromatic N) is 1. The summed E-state index contributed by atoms with van der Waals surface area (Å²) < 4.78 is 5.62. The van der Waals surface area contributed by atoms with Crippen LogP contribution in [0.1, 0.15) is 43.7 Å². The van der Waals surface area contributed by atoms with Crippen LogP contribution < -0.4 is 5.32 Å². The Bertz CT molecular complexity index is 1090. The van der Waals surface area contributed by atoms with E-state index in [2.05, 4.69) is 24.0 Å². The second-order valence-electron chi connectivity index (χ2n) is 9.92. The number of aliphatic carboxylic acids is 1. The van der Waals surface area contributed by atoms with Crippen molar-refractivity contribution in [2.45, 2.75) is 38.6 Å². The summed E-state index contributed by atoms with van der Waals surface area (Å²) in [6.07, 6.45) is 1.64. The zero-order valence-electron chi connectivity index (χ0n) is 20.2. The van der Waals surface area contributed by atoms with E-state index in [1.165, 1.54) is 4.90 Å². The first kappa shape index (κ1) is 24.5. The minimum atomic E-state index is -0.996. The SMILES string of the molecule is C=CCC1(C(=O)O)CN(C(=O)[C@H](CC(C)C)NC(=O)OCC2c3ccccc3-c3ccccc32)C1. The van der Waals surface area contributed by atoms with Gasteiger partial charge in [0.2, 0.25) is 5.91 Å². The minimum Gasteiger partial charge on any atom is -0.481 e. The molecule has 7 heteroatoms. The molecule has 0 spiro atoms. The predicted molar refractivity (Wildman–Crippen MR) is 133 cm³/mol. The maximum atomic E-state index is 13.1. The minimum absolute atomic E-state index is 0.0714. The van der Waals surface area contributed by atoms with Gasteiger partial charge in [-0.2, -0.15) is 0 Å². The predicted octanol–water partition coefficient (Wildman–Crippen LogP) is 4.43. The molecule has 4 rings (SSSR count). The number of carboxylic acids is 1. The molecule has 2 aromatic carbocycles. The number of hydrogen-bond acceptors (Lipinski definition) is 4. The fourth-order valence-corrected chi connectivity index (χ4v) is 5.16. The second-order valence-corrected chi connectivity index (χ2v) is 9.92. The maximum Gasteiger partial charge on any atom is 0.407 e. The molecule has 0 saturated carbocycles. The molecular weight excluding hydrogens is 444 g/mol. The Kier molecular flexibility index (Phi) is 6.96. The highest BCUT2D eigenvalue weighted by molar-refractivity contribution is 5.89. The van der Waals surface area contributed by atoms with Crippen molar-refractivity contribution >= 4 is 18.0 Å². The quantitative estimate of drug-likeness (QED) is 0.522. The Morgan fingerprint density at radius 1 is 1.11 bits per heavy atom. The molecule has 7 nitrogen and oxygen atoms in total. The summed E-state index contributed by atoms with van der Waals surface area (Å²) in [6, 6.07) is 15.4. The van der Waals surface area contributed by atoms with Crippen LogP contribution in [0.4, 0.5) is 4.79 Å². The molecule has 0 aromatic heterocycles. The number of nitrogens with one attached hydrogen (secondary N) is 1. The summed E-state index contributed by atoms with van der Waals surface area (Å²) in [5, 5.41) is 12.3. The Hall–Kier alpha value is -3.61. The van der Waals surface area contributed by atoms with Gasteiger partial charge in [-0.1, -0.05) is 68.5 Å². The van der Waals surface area contributed by atoms with Gasteiger partial charge in [-0.05, 0) is 41.0 Å². The Morgan fingerprint density at radius 2 is 1.69 bits per heavy atom. The zero-order valence-corrected chi connectivity index (χ0v) is 20.2. The van der Waals surface area contributed by atoms with Gasteiger partial charge in [0.05, 0.1) is 0 Å². The van der Waals surface area contributed by atoms with Gasteiger partial charge in [0, 0.05) is 19.0 Å². The van der Waals surface area contributed by atoms with Crippen molar-refractivity contribution in [2.24, 2.45) is 11.3 Å².